The first-order valence-corrected chi connectivity index (χ1v) is 10.7. The highest BCUT2D eigenvalue weighted by atomic mass is 16.6. The van der Waals surface area contributed by atoms with Crippen LogP contribution in [0.25, 0.3) is 0 Å². The largest absolute Gasteiger partial charge is 0.480 e. The quantitative estimate of drug-likeness (QED) is 0.183. The molecule has 14 heteroatoms. The molecule has 1 saturated heterocycles. The number of nitrogens with one attached hydrogen (secondary N) is 2. The predicted octanol–water partition coefficient (Wildman–Crippen LogP) is -2.34. The number of rotatable bonds is 9. The third-order valence-corrected chi connectivity index (χ3v) is 5.92. The van der Waals surface area contributed by atoms with Gasteiger partial charge in [0.2, 0.25) is 5.91 Å². The fraction of sp³-hybridized carbons (Fsp3) is 0.476. The van der Waals surface area contributed by atoms with E-state index in [-0.39, 0.29) is 11.4 Å². The zero-order chi connectivity index (χ0) is 26.0. The molecule has 3 rings (SSSR count). The van der Waals surface area contributed by atoms with Crippen molar-refractivity contribution in [3.63, 3.8) is 0 Å². The van der Waals surface area contributed by atoms with Crippen molar-refractivity contribution < 1.29 is 39.5 Å². The monoisotopic (exact) mass is 493 g/mol. The number of amides is 1. The minimum absolute atomic E-state index is 0.0850. The van der Waals surface area contributed by atoms with Gasteiger partial charge in [0.05, 0.1) is 11.7 Å². The second-order valence-corrected chi connectivity index (χ2v) is 8.32. The Hall–Kier alpha value is -3.43. The Balaban J connectivity index is 1.76. The number of hydrogen-bond acceptors (Lipinski definition) is 10. The summed E-state index contributed by atoms with van der Waals surface area (Å²) >= 11 is 0. The molecule has 2 aromatic rings. The first-order chi connectivity index (χ1) is 16.4. The van der Waals surface area contributed by atoms with Gasteiger partial charge in [0.25, 0.3) is 0 Å². The molecule has 0 aromatic carbocycles. The lowest BCUT2D eigenvalue weighted by Crippen LogP contribution is -2.57. The molecule has 0 aliphatic carbocycles. The molecule has 1 aliphatic heterocycles. The molecule has 2 aromatic heterocycles. The molecule has 1 aliphatic rings. The van der Waals surface area contributed by atoms with E-state index in [9.17, 15) is 39.6 Å². The van der Waals surface area contributed by atoms with Crippen LogP contribution in [-0.2, 0) is 14.3 Å². The summed E-state index contributed by atoms with van der Waals surface area (Å²) in [7, 11) is 0. The molecule has 1 amide bonds. The fourth-order valence-corrected chi connectivity index (χ4v) is 3.76. The van der Waals surface area contributed by atoms with Crippen molar-refractivity contribution in [3.05, 3.63) is 52.5 Å². The highest BCUT2D eigenvalue weighted by Crippen LogP contribution is 2.31. The number of aromatic amines is 1. The Labute approximate surface area is 198 Å². The summed E-state index contributed by atoms with van der Waals surface area (Å²) in [6.45, 7) is 2.68. The van der Waals surface area contributed by atoms with Crippen LogP contribution in [0.3, 0.4) is 0 Å². The van der Waals surface area contributed by atoms with Gasteiger partial charge in [-0.3, -0.25) is 19.1 Å². The van der Waals surface area contributed by atoms with Gasteiger partial charge in [-0.2, -0.15) is 0 Å². The zero-order valence-corrected chi connectivity index (χ0v) is 18.8. The molecule has 8 atom stereocenters. The number of nitrogens with two attached hydrogens (primary N) is 1. The number of aromatic nitrogens is 3. The molecule has 35 heavy (non-hydrogen) atoms. The molecule has 0 bridgehead atoms. The Morgan fingerprint density at radius 2 is 1.94 bits per heavy atom. The Kier molecular flexibility index (Phi) is 7.82. The van der Waals surface area contributed by atoms with Crippen molar-refractivity contribution in [1.29, 1.82) is 0 Å². The van der Waals surface area contributed by atoms with Crippen LogP contribution in [0.15, 0.2) is 35.4 Å². The number of nitrogens with zero attached hydrogens (tertiary/aromatic N) is 2. The predicted molar refractivity (Wildman–Crippen MR) is 117 cm³/mol. The van der Waals surface area contributed by atoms with Crippen molar-refractivity contribution in [3.8, 4) is 0 Å². The molecule has 1 fully saturated rings. The maximum absolute atomic E-state index is 12.7. The third kappa shape index (κ3) is 5.31. The lowest BCUT2D eigenvalue weighted by Gasteiger charge is -2.28. The number of aliphatic carboxylic acids is 1. The summed E-state index contributed by atoms with van der Waals surface area (Å²) in [6.07, 6.45) is -5.50. The molecule has 8 N–H and O–H groups in total. The minimum Gasteiger partial charge on any atom is -0.480 e. The molecule has 14 nitrogen and oxygen atoms in total. The maximum atomic E-state index is 12.7. The highest BCUT2D eigenvalue weighted by Gasteiger charge is 2.50. The van der Waals surface area contributed by atoms with Crippen LogP contribution in [0, 0.1) is 5.92 Å². The van der Waals surface area contributed by atoms with Gasteiger partial charge in [-0.1, -0.05) is 13.0 Å². The lowest BCUT2D eigenvalue weighted by molar-refractivity contribution is -0.149. The van der Waals surface area contributed by atoms with Crippen LogP contribution in [0.2, 0.25) is 0 Å². The number of ketones is 1. The highest BCUT2D eigenvalue weighted by molar-refractivity contribution is 5.91. The first kappa shape index (κ1) is 26.2. The number of aliphatic hydroxyl groups is 3. The Morgan fingerprint density at radius 1 is 1.26 bits per heavy atom. The number of ether oxygens (including phenoxy) is 1. The molecule has 0 radical (unpaired) electrons. The molecular weight excluding hydrogens is 466 g/mol. The fourth-order valence-electron chi connectivity index (χ4n) is 3.76. The number of carboxylic acid groups (broad SMARTS) is 1. The summed E-state index contributed by atoms with van der Waals surface area (Å²) in [5.74, 6) is -3.93. The Bertz CT molecular complexity index is 1130. The van der Waals surface area contributed by atoms with Crippen molar-refractivity contribution in [1.82, 2.24) is 19.9 Å². The number of carbonyl (C=O) groups excluding carboxylic acids is 2. The van der Waals surface area contributed by atoms with Gasteiger partial charge in [-0.25, -0.2) is 9.59 Å². The van der Waals surface area contributed by atoms with Crippen LogP contribution in [0.5, 0.6) is 0 Å². The van der Waals surface area contributed by atoms with E-state index >= 15 is 0 Å². The second kappa shape index (κ2) is 10.5. The minimum atomic E-state index is -1.87. The van der Waals surface area contributed by atoms with Crippen LogP contribution < -0.4 is 16.7 Å². The van der Waals surface area contributed by atoms with E-state index in [4.69, 9.17) is 10.5 Å². The maximum Gasteiger partial charge on any atom is 0.329 e. The van der Waals surface area contributed by atoms with Crippen molar-refractivity contribution >= 4 is 17.7 Å². The smallest absolute Gasteiger partial charge is 0.329 e. The van der Waals surface area contributed by atoms with Crippen LogP contribution in [-0.4, -0.2) is 83.0 Å². The SMILES string of the molecule is CC(=O)c1cn(C2OC(C(NC(=O)C(N)C(C)C(O)c3ccccn3)C(=O)O)C(O)C2O)c(=O)[nH]1. The van der Waals surface area contributed by atoms with E-state index < -0.39 is 72.0 Å². The molecule has 190 valence electrons. The van der Waals surface area contributed by atoms with Crippen molar-refractivity contribution in [2.45, 2.75) is 56.6 Å². The van der Waals surface area contributed by atoms with Crippen LogP contribution in [0.4, 0.5) is 0 Å². The van der Waals surface area contributed by atoms with Gasteiger partial charge in [0.15, 0.2) is 18.1 Å². The number of carboxylic acids is 1. The molecular formula is C21H27N5O9. The first-order valence-electron chi connectivity index (χ1n) is 10.7. The third-order valence-electron chi connectivity index (χ3n) is 5.92. The van der Waals surface area contributed by atoms with Crippen LogP contribution >= 0.6 is 0 Å². The standard InChI is InChI=1S/C21H27N5O9/c1-8(14(28)10-5-3-4-6-23-10)12(22)18(31)25-13(20(32)33)17-15(29)16(30)19(35-17)26-7-11(9(2)27)24-21(26)34/h3-8,12-17,19,28-30H,22H2,1-2H3,(H,24,34)(H,25,31)(H,32,33). The van der Waals surface area contributed by atoms with Crippen molar-refractivity contribution in [2.24, 2.45) is 11.7 Å². The van der Waals surface area contributed by atoms with E-state index in [1.807, 2.05) is 0 Å². The molecule has 3 heterocycles. The van der Waals surface area contributed by atoms with Gasteiger partial charge in [-0.15, -0.1) is 0 Å². The summed E-state index contributed by atoms with van der Waals surface area (Å²) in [4.78, 5) is 54.6. The zero-order valence-electron chi connectivity index (χ0n) is 18.8. The molecule has 0 saturated carbocycles. The number of Topliss-reactive ketones (excluding diaryl/α,β-unsaturated/α-hetero) is 1. The second-order valence-electron chi connectivity index (χ2n) is 8.32. The number of imidazole rings is 1. The topological polar surface area (TPSA) is 230 Å². The van der Waals surface area contributed by atoms with Crippen molar-refractivity contribution in [2.75, 3.05) is 0 Å². The average molecular weight is 493 g/mol. The van der Waals surface area contributed by atoms with Gasteiger partial charge < -0.3 is 41.2 Å². The van der Waals surface area contributed by atoms with Gasteiger partial charge >= 0.3 is 11.7 Å². The van der Waals surface area contributed by atoms with Gasteiger partial charge in [-0.05, 0) is 12.1 Å². The molecule has 8 unspecified atom stereocenters. The van der Waals surface area contributed by atoms with E-state index in [0.717, 1.165) is 10.8 Å². The number of pyridine rings is 1. The van der Waals surface area contributed by atoms with E-state index in [1.165, 1.54) is 26.1 Å². The lowest BCUT2D eigenvalue weighted by atomic mass is 9.92. The number of carbonyl (C=O) groups is 3. The van der Waals surface area contributed by atoms with E-state index in [2.05, 4.69) is 15.3 Å². The summed E-state index contributed by atoms with van der Waals surface area (Å²) in [5.41, 5.74) is 5.30. The van der Waals surface area contributed by atoms with E-state index in [1.54, 1.807) is 12.1 Å². The summed E-state index contributed by atoms with van der Waals surface area (Å²) in [6, 6.07) is 1.57. The molecule has 0 spiro atoms. The Morgan fingerprint density at radius 3 is 2.49 bits per heavy atom. The number of hydrogen-bond donors (Lipinski definition) is 7. The number of aliphatic hydroxyl groups excluding tert-OH is 3. The van der Waals surface area contributed by atoms with E-state index in [0.29, 0.717) is 0 Å². The number of H-pyrrole nitrogens is 1. The van der Waals surface area contributed by atoms with Gasteiger partial charge in [0.1, 0.15) is 30.1 Å². The normalized spacial score (nSPS) is 25.4. The van der Waals surface area contributed by atoms with Crippen LogP contribution in [0.1, 0.15) is 42.4 Å². The summed E-state index contributed by atoms with van der Waals surface area (Å²) < 4.78 is 6.27. The summed E-state index contributed by atoms with van der Waals surface area (Å²) in [5, 5.41) is 43.2. The average Bonchev–Trinajstić information content (AvgIpc) is 3.35. The van der Waals surface area contributed by atoms with Gasteiger partial charge in [0, 0.05) is 25.2 Å².